The number of nitro benzene ring substituents is 2. The van der Waals surface area contributed by atoms with Crippen LogP contribution in [0.15, 0.2) is 72.3 Å². The van der Waals surface area contributed by atoms with Gasteiger partial charge in [-0.05, 0) is 35.4 Å². The molecule has 3 aromatic carbocycles. The molecule has 0 aromatic heterocycles. The minimum absolute atomic E-state index is 0.00688. The van der Waals surface area contributed by atoms with Crippen LogP contribution in [-0.4, -0.2) is 15.6 Å². The molecule has 1 aliphatic carbocycles. The lowest BCUT2D eigenvalue weighted by molar-refractivity contribution is -0.394. The van der Waals surface area contributed by atoms with E-state index in [-0.39, 0.29) is 11.5 Å². The molecule has 0 bridgehead atoms. The number of fused-ring (bicyclic) bond motifs is 1. The summed E-state index contributed by atoms with van der Waals surface area (Å²) in [7, 11) is 0. The van der Waals surface area contributed by atoms with E-state index < -0.39 is 21.2 Å². The number of Topliss-reactive ketones (excluding diaryl/α,β-unsaturated/α-hetero) is 1. The van der Waals surface area contributed by atoms with Crippen molar-refractivity contribution in [2.45, 2.75) is 6.42 Å². The standard InChI is InChI=1S/C22H14N2O6/c25-22-16(12-15-3-1-2-4-19(15)22)11-14-5-8-18(9-6-14)30-21-10-7-17(23(26)27)13-20(21)24(28)29/h1-11,13H,12H2/b16-11+. The Hall–Kier alpha value is -4.33. The van der Waals surface area contributed by atoms with Gasteiger partial charge in [0.1, 0.15) is 5.75 Å². The maximum Gasteiger partial charge on any atom is 0.318 e. The maximum atomic E-state index is 12.5. The first-order valence-electron chi connectivity index (χ1n) is 8.96. The normalized spacial score (nSPS) is 13.9. The van der Waals surface area contributed by atoms with Gasteiger partial charge in [0, 0.05) is 23.6 Å². The Bertz CT molecular complexity index is 1210. The monoisotopic (exact) mass is 402 g/mol. The van der Waals surface area contributed by atoms with Crippen LogP contribution in [0.1, 0.15) is 21.5 Å². The van der Waals surface area contributed by atoms with Gasteiger partial charge in [0.05, 0.1) is 15.9 Å². The number of benzene rings is 3. The number of carbonyl (C=O) groups is 1. The van der Waals surface area contributed by atoms with Crippen molar-refractivity contribution in [3.05, 3.63) is 109 Å². The van der Waals surface area contributed by atoms with Crippen LogP contribution in [-0.2, 0) is 6.42 Å². The van der Waals surface area contributed by atoms with Crippen molar-refractivity contribution in [3.63, 3.8) is 0 Å². The predicted molar refractivity (Wildman–Crippen MR) is 109 cm³/mol. The maximum absolute atomic E-state index is 12.5. The Morgan fingerprint density at radius 1 is 0.900 bits per heavy atom. The van der Waals surface area contributed by atoms with Gasteiger partial charge in [0.15, 0.2) is 5.78 Å². The number of carbonyl (C=O) groups excluding carboxylic acids is 1. The van der Waals surface area contributed by atoms with E-state index in [9.17, 15) is 25.0 Å². The molecule has 0 amide bonds. The summed E-state index contributed by atoms with van der Waals surface area (Å²) in [5, 5.41) is 22.1. The van der Waals surface area contributed by atoms with Gasteiger partial charge < -0.3 is 4.74 Å². The largest absolute Gasteiger partial charge is 0.450 e. The third-order valence-corrected chi connectivity index (χ3v) is 4.73. The van der Waals surface area contributed by atoms with Crippen molar-refractivity contribution in [2.75, 3.05) is 0 Å². The molecule has 1 aliphatic rings. The van der Waals surface area contributed by atoms with E-state index in [1.807, 2.05) is 24.3 Å². The van der Waals surface area contributed by atoms with Crippen molar-refractivity contribution < 1.29 is 19.4 Å². The van der Waals surface area contributed by atoms with Crippen LogP contribution in [0.4, 0.5) is 11.4 Å². The summed E-state index contributed by atoms with van der Waals surface area (Å²) in [4.78, 5) is 33.1. The summed E-state index contributed by atoms with van der Waals surface area (Å²) in [6, 6.07) is 17.4. The summed E-state index contributed by atoms with van der Waals surface area (Å²) in [6.45, 7) is 0. The molecule has 0 saturated carbocycles. The lowest BCUT2D eigenvalue weighted by atomic mass is 10.1. The van der Waals surface area contributed by atoms with Gasteiger partial charge in [0.2, 0.25) is 5.75 Å². The molecule has 30 heavy (non-hydrogen) atoms. The number of rotatable bonds is 5. The molecule has 0 radical (unpaired) electrons. The topological polar surface area (TPSA) is 113 Å². The summed E-state index contributed by atoms with van der Waals surface area (Å²) < 4.78 is 5.55. The molecule has 0 aliphatic heterocycles. The molecule has 0 fully saturated rings. The molecule has 0 N–H and O–H groups in total. The molecule has 0 heterocycles. The molecule has 4 rings (SSSR count). The van der Waals surface area contributed by atoms with E-state index in [2.05, 4.69) is 0 Å². The van der Waals surface area contributed by atoms with Gasteiger partial charge in [-0.15, -0.1) is 0 Å². The molecule has 0 spiro atoms. The summed E-state index contributed by atoms with van der Waals surface area (Å²) in [5.41, 5.74) is 2.31. The molecular weight excluding hydrogens is 388 g/mol. The number of ketones is 1. The second-order valence-corrected chi connectivity index (χ2v) is 6.67. The fourth-order valence-electron chi connectivity index (χ4n) is 3.28. The van der Waals surface area contributed by atoms with Gasteiger partial charge in [-0.1, -0.05) is 36.4 Å². The number of hydrogen-bond donors (Lipinski definition) is 0. The molecular formula is C22H14N2O6. The van der Waals surface area contributed by atoms with E-state index in [1.165, 1.54) is 6.07 Å². The summed E-state index contributed by atoms with van der Waals surface area (Å²) in [6.07, 6.45) is 2.38. The Morgan fingerprint density at radius 2 is 1.63 bits per heavy atom. The number of allylic oxidation sites excluding steroid dienone is 1. The Morgan fingerprint density at radius 3 is 2.30 bits per heavy atom. The molecule has 148 valence electrons. The predicted octanol–water partition coefficient (Wildman–Crippen LogP) is 5.12. The van der Waals surface area contributed by atoms with Gasteiger partial charge in [-0.2, -0.15) is 0 Å². The Balaban J connectivity index is 1.55. The highest BCUT2D eigenvalue weighted by Gasteiger charge is 2.24. The fraction of sp³-hybridized carbons (Fsp3) is 0.0455. The number of ether oxygens (including phenoxy) is 1. The lowest BCUT2D eigenvalue weighted by Crippen LogP contribution is -1.96. The average molecular weight is 402 g/mol. The first-order valence-corrected chi connectivity index (χ1v) is 8.96. The van der Waals surface area contributed by atoms with Crippen molar-refractivity contribution in [2.24, 2.45) is 0 Å². The van der Waals surface area contributed by atoms with Crippen LogP contribution < -0.4 is 4.74 Å². The molecule has 0 unspecified atom stereocenters. The first-order chi connectivity index (χ1) is 14.4. The van der Waals surface area contributed by atoms with Gasteiger partial charge >= 0.3 is 5.69 Å². The number of nitrogens with zero attached hydrogens (tertiary/aromatic N) is 2. The second-order valence-electron chi connectivity index (χ2n) is 6.67. The van der Waals surface area contributed by atoms with E-state index in [0.29, 0.717) is 23.3 Å². The summed E-state index contributed by atoms with van der Waals surface area (Å²) in [5.74, 6) is 0.237. The van der Waals surface area contributed by atoms with Crippen LogP contribution in [0.3, 0.4) is 0 Å². The fourth-order valence-corrected chi connectivity index (χ4v) is 3.28. The highest BCUT2D eigenvalue weighted by molar-refractivity contribution is 6.15. The highest BCUT2D eigenvalue weighted by Crippen LogP contribution is 2.34. The smallest absolute Gasteiger partial charge is 0.318 e. The van der Waals surface area contributed by atoms with Crippen LogP contribution in [0, 0.1) is 20.2 Å². The highest BCUT2D eigenvalue weighted by atomic mass is 16.6. The minimum atomic E-state index is -0.732. The van der Waals surface area contributed by atoms with Crippen LogP contribution in [0.25, 0.3) is 6.08 Å². The molecule has 0 saturated heterocycles. The zero-order valence-electron chi connectivity index (χ0n) is 15.5. The van der Waals surface area contributed by atoms with Crippen LogP contribution in [0.2, 0.25) is 0 Å². The first kappa shape index (κ1) is 19.0. The molecule has 0 atom stereocenters. The lowest BCUT2D eigenvalue weighted by Gasteiger charge is -2.07. The van der Waals surface area contributed by atoms with Crippen molar-refractivity contribution in [1.82, 2.24) is 0 Å². The van der Waals surface area contributed by atoms with Crippen LogP contribution in [0.5, 0.6) is 11.5 Å². The van der Waals surface area contributed by atoms with Gasteiger partial charge in [-0.25, -0.2) is 0 Å². The second kappa shape index (κ2) is 7.59. The zero-order chi connectivity index (χ0) is 21.3. The quantitative estimate of drug-likeness (QED) is 0.333. The molecule has 8 nitrogen and oxygen atoms in total. The van der Waals surface area contributed by atoms with E-state index in [0.717, 1.165) is 23.3 Å². The Labute approximate surface area is 170 Å². The van der Waals surface area contributed by atoms with E-state index in [1.54, 1.807) is 30.3 Å². The molecule has 3 aromatic rings. The van der Waals surface area contributed by atoms with Crippen molar-refractivity contribution >= 4 is 23.2 Å². The van der Waals surface area contributed by atoms with Crippen LogP contribution >= 0.6 is 0 Å². The number of nitro groups is 2. The molecule has 8 heteroatoms. The third-order valence-electron chi connectivity index (χ3n) is 4.73. The summed E-state index contributed by atoms with van der Waals surface area (Å²) >= 11 is 0. The van der Waals surface area contributed by atoms with E-state index >= 15 is 0 Å². The van der Waals surface area contributed by atoms with E-state index in [4.69, 9.17) is 4.74 Å². The van der Waals surface area contributed by atoms with Gasteiger partial charge in [-0.3, -0.25) is 25.0 Å². The Kier molecular flexibility index (Phi) is 4.81. The number of non-ortho nitro benzene ring substituents is 1. The minimum Gasteiger partial charge on any atom is -0.450 e. The average Bonchev–Trinajstić information content (AvgIpc) is 3.05. The zero-order valence-corrected chi connectivity index (χ0v) is 15.5. The number of hydrogen-bond acceptors (Lipinski definition) is 6. The SMILES string of the molecule is O=C1/C(=C/c2ccc(Oc3ccc([N+](=O)[O-])cc3[N+](=O)[O-])cc2)Cc2ccccc21. The third kappa shape index (κ3) is 3.66. The van der Waals surface area contributed by atoms with Crippen molar-refractivity contribution in [3.8, 4) is 11.5 Å². The van der Waals surface area contributed by atoms with Gasteiger partial charge in [0.25, 0.3) is 5.69 Å². The van der Waals surface area contributed by atoms with Crippen molar-refractivity contribution in [1.29, 1.82) is 0 Å².